The molecular weight excluding hydrogens is 234 g/mol. The summed E-state index contributed by atoms with van der Waals surface area (Å²) in [6.45, 7) is 3.97. The topological polar surface area (TPSA) is 30.5 Å². The molecule has 4 atom stereocenters. The fourth-order valence-electron chi connectivity index (χ4n) is 2.73. The Bertz CT molecular complexity index is 221. The van der Waals surface area contributed by atoms with Gasteiger partial charge in [0, 0.05) is 31.6 Å². The van der Waals surface area contributed by atoms with Crippen LogP contribution in [0.2, 0.25) is 0 Å². The molecule has 4 unspecified atom stereocenters. The number of ether oxygens (including phenoxy) is 2. The van der Waals surface area contributed by atoms with Crippen LogP contribution in [0.15, 0.2) is 0 Å². The highest BCUT2D eigenvalue weighted by Gasteiger charge is 2.41. The number of methoxy groups -OCH3 is 1. The molecule has 4 heteroatoms. The van der Waals surface area contributed by atoms with Gasteiger partial charge in [-0.15, -0.1) is 0 Å². The average Bonchev–Trinajstić information content (AvgIpc) is 2.34. The van der Waals surface area contributed by atoms with E-state index in [2.05, 4.69) is 17.1 Å². The molecule has 1 saturated heterocycles. The number of rotatable bonds is 6. The summed E-state index contributed by atoms with van der Waals surface area (Å²) in [4.78, 5) is 0. The summed E-state index contributed by atoms with van der Waals surface area (Å²) in [5.74, 6) is 1.34. The SMILES string of the molecule is CCOC1CC(NCC2CCCCS2)C1OC. The van der Waals surface area contributed by atoms with E-state index in [4.69, 9.17) is 9.47 Å². The minimum absolute atomic E-state index is 0.253. The van der Waals surface area contributed by atoms with Crippen molar-refractivity contribution in [1.82, 2.24) is 5.32 Å². The Morgan fingerprint density at radius 3 is 2.88 bits per heavy atom. The number of hydrogen-bond acceptors (Lipinski definition) is 4. The Hall–Kier alpha value is 0.230. The van der Waals surface area contributed by atoms with Crippen LogP contribution in [0.3, 0.4) is 0 Å². The van der Waals surface area contributed by atoms with Crippen molar-refractivity contribution in [3.05, 3.63) is 0 Å². The molecule has 2 aliphatic rings. The van der Waals surface area contributed by atoms with Gasteiger partial charge >= 0.3 is 0 Å². The van der Waals surface area contributed by atoms with Crippen molar-refractivity contribution in [3.63, 3.8) is 0 Å². The van der Waals surface area contributed by atoms with Crippen molar-refractivity contribution in [3.8, 4) is 0 Å². The highest BCUT2D eigenvalue weighted by Crippen LogP contribution is 2.29. The van der Waals surface area contributed by atoms with Gasteiger partial charge < -0.3 is 14.8 Å². The summed E-state index contributed by atoms with van der Waals surface area (Å²) in [6.07, 6.45) is 5.84. The summed E-state index contributed by atoms with van der Waals surface area (Å²) < 4.78 is 11.1. The van der Waals surface area contributed by atoms with E-state index in [1.807, 2.05) is 6.92 Å². The monoisotopic (exact) mass is 259 g/mol. The molecular formula is C13H25NO2S. The quantitative estimate of drug-likeness (QED) is 0.791. The van der Waals surface area contributed by atoms with Crippen LogP contribution in [0.5, 0.6) is 0 Å². The van der Waals surface area contributed by atoms with Gasteiger partial charge in [-0.25, -0.2) is 0 Å². The van der Waals surface area contributed by atoms with E-state index in [0.29, 0.717) is 12.1 Å². The van der Waals surface area contributed by atoms with Gasteiger partial charge in [0.15, 0.2) is 0 Å². The summed E-state index contributed by atoms with van der Waals surface area (Å²) >= 11 is 2.13. The van der Waals surface area contributed by atoms with E-state index in [9.17, 15) is 0 Å². The molecule has 0 aromatic rings. The lowest BCUT2D eigenvalue weighted by atomic mass is 9.85. The highest BCUT2D eigenvalue weighted by atomic mass is 32.2. The Morgan fingerprint density at radius 2 is 2.24 bits per heavy atom. The van der Waals surface area contributed by atoms with Crippen LogP contribution in [-0.2, 0) is 9.47 Å². The third-order valence-electron chi connectivity index (χ3n) is 3.78. The molecule has 0 spiro atoms. The van der Waals surface area contributed by atoms with Crippen LogP contribution in [0.4, 0.5) is 0 Å². The van der Waals surface area contributed by atoms with Crippen LogP contribution in [-0.4, -0.2) is 49.5 Å². The standard InChI is InChI=1S/C13H25NO2S/c1-3-16-12-8-11(13(12)15-2)14-9-10-6-4-5-7-17-10/h10-14H,3-9H2,1-2H3. The number of thioether (sulfide) groups is 1. The Labute approximate surface area is 109 Å². The van der Waals surface area contributed by atoms with Crippen molar-refractivity contribution in [2.24, 2.45) is 0 Å². The van der Waals surface area contributed by atoms with Gasteiger partial charge in [-0.3, -0.25) is 0 Å². The van der Waals surface area contributed by atoms with Crippen LogP contribution in [0, 0.1) is 0 Å². The third-order valence-corrected chi connectivity index (χ3v) is 5.18. The first kappa shape index (κ1) is 13.7. The Morgan fingerprint density at radius 1 is 1.35 bits per heavy atom. The predicted molar refractivity (Wildman–Crippen MR) is 72.7 cm³/mol. The first-order valence-corrected chi connectivity index (χ1v) is 7.89. The molecule has 0 aromatic heterocycles. The Kier molecular flexibility index (Phi) is 5.60. The van der Waals surface area contributed by atoms with Crippen LogP contribution in [0.25, 0.3) is 0 Å². The van der Waals surface area contributed by atoms with Gasteiger partial charge in [0.1, 0.15) is 0 Å². The molecule has 3 nitrogen and oxygen atoms in total. The molecule has 1 heterocycles. The third kappa shape index (κ3) is 3.60. The summed E-state index contributed by atoms with van der Waals surface area (Å²) in [5, 5.41) is 4.46. The van der Waals surface area contributed by atoms with Gasteiger partial charge in [0.05, 0.1) is 12.2 Å². The molecule has 1 N–H and O–H groups in total. The molecule has 0 aromatic carbocycles. The van der Waals surface area contributed by atoms with Gasteiger partial charge in [0.2, 0.25) is 0 Å². The van der Waals surface area contributed by atoms with Crippen molar-refractivity contribution in [2.45, 2.75) is 56.1 Å². The fourth-order valence-corrected chi connectivity index (χ4v) is 3.98. The zero-order valence-electron chi connectivity index (χ0n) is 11.0. The van der Waals surface area contributed by atoms with Gasteiger partial charge in [-0.1, -0.05) is 6.42 Å². The maximum absolute atomic E-state index is 5.63. The van der Waals surface area contributed by atoms with E-state index in [-0.39, 0.29) is 6.10 Å². The predicted octanol–water partition coefficient (Wildman–Crippen LogP) is 2.05. The summed E-state index contributed by atoms with van der Waals surface area (Å²) in [5.41, 5.74) is 0. The summed E-state index contributed by atoms with van der Waals surface area (Å²) in [6, 6.07) is 0.499. The molecule has 2 rings (SSSR count). The van der Waals surface area contributed by atoms with Crippen molar-refractivity contribution >= 4 is 11.8 Å². The molecule has 100 valence electrons. The van der Waals surface area contributed by atoms with Crippen LogP contribution in [0.1, 0.15) is 32.6 Å². The minimum Gasteiger partial charge on any atom is -0.377 e. The first-order chi connectivity index (χ1) is 8.35. The van der Waals surface area contributed by atoms with Crippen molar-refractivity contribution in [2.75, 3.05) is 26.0 Å². The van der Waals surface area contributed by atoms with Crippen molar-refractivity contribution in [1.29, 1.82) is 0 Å². The largest absolute Gasteiger partial charge is 0.377 e. The zero-order chi connectivity index (χ0) is 12.1. The molecule has 0 amide bonds. The second kappa shape index (κ2) is 6.98. The maximum Gasteiger partial charge on any atom is 0.0986 e. The fraction of sp³-hybridized carbons (Fsp3) is 1.00. The molecule has 1 aliphatic heterocycles. The van der Waals surface area contributed by atoms with Crippen molar-refractivity contribution < 1.29 is 9.47 Å². The summed E-state index contributed by atoms with van der Waals surface area (Å²) in [7, 11) is 1.79. The van der Waals surface area contributed by atoms with E-state index < -0.39 is 0 Å². The number of hydrogen-bond donors (Lipinski definition) is 1. The lowest BCUT2D eigenvalue weighted by Crippen LogP contribution is -2.60. The lowest BCUT2D eigenvalue weighted by molar-refractivity contribution is -0.131. The second-order valence-electron chi connectivity index (χ2n) is 4.93. The Balaban J connectivity index is 1.65. The van der Waals surface area contributed by atoms with Gasteiger partial charge in [-0.2, -0.15) is 11.8 Å². The first-order valence-electron chi connectivity index (χ1n) is 6.84. The van der Waals surface area contributed by atoms with Gasteiger partial charge in [0.25, 0.3) is 0 Å². The van der Waals surface area contributed by atoms with Crippen LogP contribution < -0.4 is 5.32 Å². The molecule has 17 heavy (non-hydrogen) atoms. The molecule has 1 saturated carbocycles. The van der Waals surface area contributed by atoms with Crippen LogP contribution >= 0.6 is 11.8 Å². The van der Waals surface area contributed by atoms with E-state index in [0.717, 1.165) is 24.8 Å². The lowest BCUT2D eigenvalue weighted by Gasteiger charge is -2.44. The highest BCUT2D eigenvalue weighted by molar-refractivity contribution is 7.99. The van der Waals surface area contributed by atoms with E-state index in [1.54, 1.807) is 7.11 Å². The van der Waals surface area contributed by atoms with Gasteiger partial charge in [-0.05, 0) is 31.9 Å². The zero-order valence-corrected chi connectivity index (χ0v) is 11.8. The molecule has 2 fully saturated rings. The maximum atomic E-state index is 5.63. The normalized spacial score (nSPS) is 37.8. The smallest absolute Gasteiger partial charge is 0.0986 e. The number of nitrogens with one attached hydrogen (secondary N) is 1. The minimum atomic E-state index is 0.253. The molecule has 0 bridgehead atoms. The molecule has 1 aliphatic carbocycles. The molecule has 0 radical (unpaired) electrons. The average molecular weight is 259 g/mol. The second-order valence-corrected chi connectivity index (χ2v) is 6.34. The van der Waals surface area contributed by atoms with E-state index in [1.165, 1.54) is 25.0 Å². The van der Waals surface area contributed by atoms with E-state index >= 15 is 0 Å².